The molecule has 4 nitrogen and oxygen atoms in total. The third-order valence-corrected chi connectivity index (χ3v) is 10.1. The van der Waals surface area contributed by atoms with E-state index >= 15 is 0 Å². The molecule has 0 saturated heterocycles. The van der Waals surface area contributed by atoms with Crippen LogP contribution in [0.15, 0.2) is 54.6 Å². The molecule has 3 aromatic rings. The van der Waals surface area contributed by atoms with Crippen LogP contribution in [0, 0.1) is 17.8 Å². The van der Waals surface area contributed by atoms with Crippen molar-refractivity contribution in [1.29, 1.82) is 0 Å². The van der Waals surface area contributed by atoms with Crippen molar-refractivity contribution in [3.8, 4) is 16.9 Å². The molecule has 0 spiro atoms. The minimum absolute atomic E-state index is 0.195. The van der Waals surface area contributed by atoms with E-state index in [0.29, 0.717) is 17.6 Å². The van der Waals surface area contributed by atoms with Gasteiger partial charge in [0.25, 0.3) is 0 Å². The number of fused-ring (bicyclic) bond motifs is 1. The van der Waals surface area contributed by atoms with Crippen LogP contribution in [0.25, 0.3) is 21.9 Å². The lowest BCUT2D eigenvalue weighted by Gasteiger charge is -2.57. The first-order valence-electron chi connectivity index (χ1n) is 15.5. The Morgan fingerprint density at radius 1 is 0.950 bits per heavy atom. The number of methoxy groups -OCH3 is 1. The van der Waals surface area contributed by atoms with E-state index in [1.54, 1.807) is 0 Å². The Morgan fingerprint density at radius 2 is 1.68 bits per heavy atom. The van der Waals surface area contributed by atoms with Gasteiger partial charge in [0.05, 0.1) is 25.4 Å². The number of hydrogen-bond acceptors (Lipinski definition) is 4. The van der Waals surface area contributed by atoms with Gasteiger partial charge in [-0.05, 0) is 128 Å². The van der Waals surface area contributed by atoms with Crippen molar-refractivity contribution < 1.29 is 19.4 Å². The lowest BCUT2D eigenvalue weighted by Crippen LogP contribution is -2.48. The number of esters is 1. The molecule has 1 N–H and O–H groups in total. The summed E-state index contributed by atoms with van der Waals surface area (Å²) in [5, 5.41) is 12.2. The number of hydrogen-bond donors (Lipinski definition) is 1. The lowest BCUT2D eigenvalue weighted by atomic mass is 9.48. The zero-order valence-electron chi connectivity index (χ0n) is 24.2. The predicted octanol–water partition coefficient (Wildman–Crippen LogP) is 8.47. The average Bonchev–Trinajstić information content (AvgIpc) is 2.97. The highest BCUT2D eigenvalue weighted by atomic mass is 16.5. The zero-order chi connectivity index (χ0) is 27.7. The Labute approximate surface area is 239 Å². The molecule has 0 aliphatic heterocycles. The molecule has 4 saturated carbocycles. The van der Waals surface area contributed by atoms with Crippen LogP contribution in [0.4, 0.5) is 0 Å². The second-order valence-corrected chi connectivity index (χ2v) is 12.9. The van der Waals surface area contributed by atoms with E-state index < -0.39 is 0 Å². The standard InChI is InChI=1S/C36H44O4/c1-3-30(37)9-5-4-8-14-40-34-20-28(31-10-6-7-11-33(31)35(38)39-2)18-27-19-29(12-13-32(27)34)36-21-24-15-25(22-36)17-26(16-24)23-36/h6-7,10-13,18-20,24-26,30,37H,3-5,8-9,14-17,21-23H2,1-2H3. The Morgan fingerprint density at radius 3 is 2.38 bits per heavy atom. The van der Waals surface area contributed by atoms with Crippen LogP contribution < -0.4 is 4.74 Å². The highest BCUT2D eigenvalue weighted by Crippen LogP contribution is 2.61. The monoisotopic (exact) mass is 540 g/mol. The van der Waals surface area contributed by atoms with Gasteiger partial charge in [0.15, 0.2) is 0 Å². The van der Waals surface area contributed by atoms with Crippen LogP contribution >= 0.6 is 0 Å². The van der Waals surface area contributed by atoms with E-state index in [-0.39, 0.29) is 12.1 Å². The average molecular weight is 541 g/mol. The van der Waals surface area contributed by atoms with Gasteiger partial charge >= 0.3 is 5.97 Å². The highest BCUT2D eigenvalue weighted by molar-refractivity contribution is 6.00. The number of carbonyl (C=O) groups is 1. The summed E-state index contributed by atoms with van der Waals surface area (Å²) < 4.78 is 11.6. The van der Waals surface area contributed by atoms with Crippen molar-refractivity contribution >= 4 is 16.7 Å². The molecule has 0 radical (unpaired) electrons. The summed E-state index contributed by atoms with van der Waals surface area (Å²) in [6.07, 6.45) is 12.8. The number of carbonyl (C=O) groups excluding carboxylic acids is 1. The van der Waals surface area contributed by atoms with Crippen LogP contribution in [-0.2, 0) is 10.2 Å². The molecule has 1 unspecified atom stereocenters. The Hall–Kier alpha value is -2.85. The fraction of sp³-hybridized carbons (Fsp3) is 0.528. The molecule has 1 atom stereocenters. The first kappa shape index (κ1) is 27.3. The van der Waals surface area contributed by atoms with Crippen molar-refractivity contribution in [2.75, 3.05) is 13.7 Å². The van der Waals surface area contributed by atoms with E-state index in [2.05, 4.69) is 30.3 Å². The summed E-state index contributed by atoms with van der Waals surface area (Å²) in [5.41, 5.74) is 4.25. The molecule has 4 fully saturated rings. The van der Waals surface area contributed by atoms with Crippen LogP contribution in [0.3, 0.4) is 0 Å². The smallest absolute Gasteiger partial charge is 0.338 e. The summed E-state index contributed by atoms with van der Waals surface area (Å²) in [5.74, 6) is 3.25. The van der Waals surface area contributed by atoms with E-state index in [4.69, 9.17) is 9.47 Å². The largest absolute Gasteiger partial charge is 0.493 e. The Bertz CT molecular complexity index is 1320. The SMILES string of the molecule is CCC(O)CCCCCOc1cc(-c2ccccc2C(=O)OC)cc2cc(C34CC5CC(CC(C5)C3)C4)ccc12. The fourth-order valence-corrected chi connectivity index (χ4v) is 8.47. The Balaban J connectivity index is 1.33. The topological polar surface area (TPSA) is 55.8 Å². The first-order valence-corrected chi connectivity index (χ1v) is 15.5. The van der Waals surface area contributed by atoms with Gasteiger partial charge in [-0.2, -0.15) is 0 Å². The maximum atomic E-state index is 12.6. The number of benzene rings is 3. The number of rotatable bonds is 11. The van der Waals surface area contributed by atoms with Crippen LogP contribution in [-0.4, -0.2) is 30.9 Å². The second kappa shape index (κ2) is 11.6. The van der Waals surface area contributed by atoms with Gasteiger partial charge in [-0.3, -0.25) is 0 Å². The van der Waals surface area contributed by atoms with Gasteiger partial charge < -0.3 is 14.6 Å². The summed E-state index contributed by atoms with van der Waals surface area (Å²) in [6.45, 7) is 2.66. The van der Waals surface area contributed by atoms with Gasteiger partial charge in [0, 0.05) is 5.39 Å². The predicted molar refractivity (Wildman–Crippen MR) is 161 cm³/mol. The highest BCUT2D eigenvalue weighted by Gasteiger charge is 2.51. The van der Waals surface area contributed by atoms with E-state index in [1.807, 2.05) is 31.2 Å². The molecule has 4 aliphatic carbocycles. The van der Waals surface area contributed by atoms with Crippen molar-refractivity contribution in [2.45, 2.75) is 89.1 Å². The zero-order valence-corrected chi connectivity index (χ0v) is 24.2. The number of ether oxygens (including phenoxy) is 2. The number of aliphatic hydroxyl groups is 1. The molecule has 3 aromatic carbocycles. The molecule has 212 valence electrons. The van der Waals surface area contributed by atoms with Gasteiger partial charge in [0.1, 0.15) is 5.75 Å². The molecule has 40 heavy (non-hydrogen) atoms. The molecule has 4 bridgehead atoms. The van der Waals surface area contributed by atoms with Crippen molar-refractivity contribution in [2.24, 2.45) is 17.8 Å². The maximum absolute atomic E-state index is 12.6. The quantitative estimate of drug-likeness (QED) is 0.196. The van der Waals surface area contributed by atoms with E-state index in [1.165, 1.54) is 56.6 Å². The van der Waals surface area contributed by atoms with Crippen molar-refractivity contribution in [3.63, 3.8) is 0 Å². The first-order chi connectivity index (χ1) is 19.5. The molecular formula is C36H44O4. The number of aliphatic hydroxyl groups excluding tert-OH is 1. The minimum Gasteiger partial charge on any atom is -0.493 e. The van der Waals surface area contributed by atoms with Gasteiger partial charge in [-0.1, -0.05) is 49.7 Å². The van der Waals surface area contributed by atoms with Crippen LogP contribution in [0.1, 0.15) is 93.5 Å². The van der Waals surface area contributed by atoms with Gasteiger partial charge in [-0.25, -0.2) is 4.79 Å². The van der Waals surface area contributed by atoms with E-state index in [0.717, 1.165) is 72.1 Å². The molecule has 0 amide bonds. The lowest BCUT2D eigenvalue weighted by molar-refractivity contribution is -0.00513. The van der Waals surface area contributed by atoms with Crippen molar-refractivity contribution in [3.05, 3.63) is 65.7 Å². The molecule has 7 rings (SSSR count). The third-order valence-electron chi connectivity index (χ3n) is 10.1. The summed E-state index contributed by atoms with van der Waals surface area (Å²) in [6, 6.07) is 19.1. The van der Waals surface area contributed by atoms with Crippen molar-refractivity contribution in [1.82, 2.24) is 0 Å². The molecule has 4 aliphatic rings. The molecule has 0 aromatic heterocycles. The minimum atomic E-state index is -0.324. The molecule has 0 heterocycles. The fourth-order valence-electron chi connectivity index (χ4n) is 8.47. The van der Waals surface area contributed by atoms with Gasteiger partial charge in [0.2, 0.25) is 0 Å². The summed E-state index contributed by atoms with van der Waals surface area (Å²) in [4.78, 5) is 12.6. The normalized spacial score (nSPS) is 25.7. The summed E-state index contributed by atoms with van der Waals surface area (Å²) in [7, 11) is 1.44. The molecule has 4 heteroatoms. The van der Waals surface area contributed by atoms with Crippen LogP contribution in [0.2, 0.25) is 0 Å². The third kappa shape index (κ3) is 5.40. The van der Waals surface area contributed by atoms with E-state index in [9.17, 15) is 9.90 Å². The second-order valence-electron chi connectivity index (χ2n) is 12.9. The summed E-state index contributed by atoms with van der Waals surface area (Å²) >= 11 is 0. The molecular weight excluding hydrogens is 496 g/mol. The Kier molecular flexibility index (Phi) is 7.90. The van der Waals surface area contributed by atoms with Gasteiger partial charge in [-0.15, -0.1) is 0 Å². The maximum Gasteiger partial charge on any atom is 0.338 e. The number of unbranched alkanes of at least 4 members (excludes halogenated alkanes) is 2. The van der Waals surface area contributed by atoms with Crippen LogP contribution in [0.5, 0.6) is 5.75 Å².